The number of amides is 1. The molecule has 0 saturated carbocycles. The van der Waals surface area contributed by atoms with Crippen LogP contribution < -0.4 is 14.8 Å². The average molecular weight is 378 g/mol. The summed E-state index contributed by atoms with van der Waals surface area (Å²) >= 11 is 3.31. The fourth-order valence-electron chi connectivity index (χ4n) is 2.00. The third-order valence-electron chi connectivity index (χ3n) is 3.05. The van der Waals surface area contributed by atoms with Gasteiger partial charge in [0, 0.05) is 10.2 Å². The molecular formula is C16H12BrNO5. The lowest BCUT2D eigenvalue weighted by atomic mass is 10.2. The van der Waals surface area contributed by atoms with Gasteiger partial charge in [-0.2, -0.15) is 0 Å². The lowest BCUT2D eigenvalue weighted by Crippen LogP contribution is -2.20. The van der Waals surface area contributed by atoms with Crippen molar-refractivity contribution in [1.82, 2.24) is 0 Å². The van der Waals surface area contributed by atoms with Crippen LogP contribution >= 0.6 is 15.9 Å². The van der Waals surface area contributed by atoms with Crippen LogP contribution in [0.15, 0.2) is 46.9 Å². The number of hydrogen-bond donors (Lipinski definition) is 1. The number of carbonyl (C=O) groups excluding carboxylic acids is 2. The first-order valence-electron chi connectivity index (χ1n) is 6.74. The van der Waals surface area contributed by atoms with Crippen LogP contribution in [-0.2, 0) is 9.53 Å². The van der Waals surface area contributed by atoms with E-state index in [0.717, 1.165) is 4.47 Å². The third kappa shape index (κ3) is 3.81. The highest BCUT2D eigenvalue weighted by Crippen LogP contribution is 2.32. The molecule has 118 valence electrons. The number of carbonyl (C=O) groups is 2. The quantitative estimate of drug-likeness (QED) is 0.829. The van der Waals surface area contributed by atoms with Gasteiger partial charge in [0.2, 0.25) is 6.79 Å². The van der Waals surface area contributed by atoms with Gasteiger partial charge in [0.25, 0.3) is 5.91 Å². The van der Waals surface area contributed by atoms with Gasteiger partial charge in [-0.15, -0.1) is 0 Å². The van der Waals surface area contributed by atoms with Crippen molar-refractivity contribution in [2.75, 3.05) is 18.7 Å². The van der Waals surface area contributed by atoms with Gasteiger partial charge in [-0.1, -0.05) is 22.0 Å². The summed E-state index contributed by atoms with van der Waals surface area (Å²) in [5.74, 6) is 0.0388. The van der Waals surface area contributed by atoms with Crippen molar-refractivity contribution < 1.29 is 23.8 Å². The third-order valence-corrected chi connectivity index (χ3v) is 3.54. The van der Waals surface area contributed by atoms with E-state index in [1.54, 1.807) is 30.3 Å². The van der Waals surface area contributed by atoms with Gasteiger partial charge in [0.05, 0.1) is 5.56 Å². The van der Waals surface area contributed by atoms with Crippen LogP contribution in [0, 0.1) is 0 Å². The molecule has 2 aromatic carbocycles. The van der Waals surface area contributed by atoms with E-state index in [9.17, 15) is 9.59 Å². The number of anilines is 1. The maximum Gasteiger partial charge on any atom is 0.338 e. The van der Waals surface area contributed by atoms with E-state index in [-0.39, 0.29) is 13.4 Å². The summed E-state index contributed by atoms with van der Waals surface area (Å²) in [7, 11) is 0. The van der Waals surface area contributed by atoms with Gasteiger partial charge in [-0.3, -0.25) is 4.79 Å². The maximum atomic E-state index is 11.9. The van der Waals surface area contributed by atoms with Crippen LogP contribution in [0.1, 0.15) is 10.4 Å². The molecule has 0 bridgehead atoms. The fraction of sp³-hybridized carbons (Fsp3) is 0.125. The molecule has 2 aromatic rings. The smallest absolute Gasteiger partial charge is 0.338 e. The topological polar surface area (TPSA) is 73.9 Å². The number of benzene rings is 2. The van der Waals surface area contributed by atoms with E-state index < -0.39 is 11.9 Å². The predicted octanol–water partition coefficient (Wildman–Crippen LogP) is 2.97. The van der Waals surface area contributed by atoms with Crippen LogP contribution in [0.2, 0.25) is 0 Å². The number of esters is 1. The monoisotopic (exact) mass is 377 g/mol. The van der Waals surface area contributed by atoms with Crippen LogP contribution in [0.25, 0.3) is 0 Å². The first kappa shape index (κ1) is 15.4. The zero-order chi connectivity index (χ0) is 16.2. The Morgan fingerprint density at radius 3 is 2.78 bits per heavy atom. The molecule has 0 saturated heterocycles. The van der Waals surface area contributed by atoms with Crippen LogP contribution in [0.5, 0.6) is 11.5 Å². The lowest BCUT2D eigenvalue weighted by molar-refractivity contribution is -0.119. The molecule has 3 rings (SSSR count). The summed E-state index contributed by atoms with van der Waals surface area (Å²) in [4.78, 5) is 23.7. The molecule has 0 unspecified atom stereocenters. The Balaban J connectivity index is 1.55. The first-order chi connectivity index (χ1) is 11.1. The Morgan fingerprint density at radius 2 is 1.96 bits per heavy atom. The van der Waals surface area contributed by atoms with Crippen LogP contribution in [0.4, 0.5) is 5.69 Å². The van der Waals surface area contributed by atoms with E-state index in [2.05, 4.69) is 21.2 Å². The van der Waals surface area contributed by atoms with E-state index >= 15 is 0 Å². The zero-order valence-corrected chi connectivity index (χ0v) is 13.5. The molecule has 1 aliphatic rings. The van der Waals surface area contributed by atoms with E-state index in [0.29, 0.717) is 22.7 Å². The van der Waals surface area contributed by atoms with E-state index in [4.69, 9.17) is 14.2 Å². The standard InChI is InChI=1S/C16H12BrNO5/c17-11-2-1-3-12(7-11)18-15(19)8-21-16(20)10-4-5-13-14(6-10)23-9-22-13/h1-7H,8-9H2,(H,18,19). The van der Waals surface area contributed by atoms with Crippen molar-refractivity contribution in [1.29, 1.82) is 0 Å². The first-order valence-corrected chi connectivity index (χ1v) is 7.53. The molecule has 1 amide bonds. The predicted molar refractivity (Wildman–Crippen MR) is 85.6 cm³/mol. The Kier molecular flexibility index (Phi) is 4.47. The molecule has 1 N–H and O–H groups in total. The van der Waals surface area contributed by atoms with Gasteiger partial charge in [0.1, 0.15) is 0 Å². The zero-order valence-electron chi connectivity index (χ0n) is 11.9. The summed E-state index contributed by atoms with van der Waals surface area (Å²) in [6.45, 7) is -0.247. The molecule has 0 aliphatic carbocycles. The minimum atomic E-state index is -0.604. The number of fused-ring (bicyclic) bond motifs is 1. The van der Waals surface area contributed by atoms with Crippen molar-refractivity contribution in [2.24, 2.45) is 0 Å². The summed E-state index contributed by atoms with van der Waals surface area (Å²) in [5.41, 5.74) is 0.910. The van der Waals surface area contributed by atoms with Crippen LogP contribution in [-0.4, -0.2) is 25.3 Å². The molecule has 1 heterocycles. The number of halogens is 1. The van der Waals surface area contributed by atoms with Crippen molar-refractivity contribution >= 4 is 33.5 Å². The van der Waals surface area contributed by atoms with Crippen molar-refractivity contribution in [3.63, 3.8) is 0 Å². The fourth-order valence-corrected chi connectivity index (χ4v) is 2.40. The van der Waals surface area contributed by atoms with Gasteiger partial charge in [-0.05, 0) is 36.4 Å². The van der Waals surface area contributed by atoms with Gasteiger partial charge in [-0.25, -0.2) is 4.79 Å². The molecule has 0 spiro atoms. The Hall–Kier alpha value is -2.54. The number of rotatable bonds is 4. The highest BCUT2D eigenvalue weighted by molar-refractivity contribution is 9.10. The van der Waals surface area contributed by atoms with E-state index in [1.807, 2.05) is 6.07 Å². The largest absolute Gasteiger partial charge is 0.454 e. The highest BCUT2D eigenvalue weighted by atomic mass is 79.9. The minimum absolute atomic E-state index is 0.128. The second-order valence-electron chi connectivity index (χ2n) is 4.70. The van der Waals surface area contributed by atoms with Gasteiger partial charge >= 0.3 is 5.97 Å². The van der Waals surface area contributed by atoms with Crippen molar-refractivity contribution in [3.8, 4) is 11.5 Å². The Labute approximate surface area is 140 Å². The Morgan fingerprint density at radius 1 is 1.13 bits per heavy atom. The molecular weight excluding hydrogens is 366 g/mol. The molecule has 7 heteroatoms. The molecule has 6 nitrogen and oxygen atoms in total. The summed E-state index contributed by atoms with van der Waals surface area (Å²) < 4.78 is 16.2. The highest BCUT2D eigenvalue weighted by Gasteiger charge is 2.17. The average Bonchev–Trinajstić information content (AvgIpc) is 3.00. The number of hydrogen-bond acceptors (Lipinski definition) is 5. The second-order valence-corrected chi connectivity index (χ2v) is 5.62. The SMILES string of the molecule is O=C(COC(=O)c1ccc2c(c1)OCO2)Nc1cccc(Br)c1. The Bertz CT molecular complexity index is 762. The normalized spacial score (nSPS) is 11.9. The molecule has 0 atom stereocenters. The number of ether oxygens (including phenoxy) is 3. The molecule has 0 aromatic heterocycles. The summed E-state index contributed by atoms with van der Waals surface area (Å²) in [5, 5.41) is 2.64. The van der Waals surface area contributed by atoms with Crippen LogP contribution in [0.3, 0.4) is 0 Å². The molecule has 0 radical (unpaired) electrons. The maximum absolute atomic E-state index is 11.9. The molecule has 0 fully saturated rings. The van der Waals surface area contributed by atoms with Gasteiger partial charge in [0.15, 0.2) is 18.1 Å². The molecule has 23 heavy (non-hydrogen) atoms. The van der Waals surface area contributed by atoms with Gasteiger partial charge < -0.3 is 19.5 Å². The minimum Gasteiger partial charge on any atom is -0.454 e. The summed E-state index contributed by atoms with van der Waals surface area (Å²) in [6.07, 6.45) is 0. The van der Waals surface area contributed by atoms with E-state index in [1.165, 1.54) is 6.07 Å². The lowest BCUT2D eigenvalue weighted by Gasteiger charge is -2.07. The summed E-state index contributed by atoms with van der Waals surface area (Å²) in [6, 6.07) is 11.8. The van der Waals surface area contributed by atoms with Crippen molar-refractivity contribution in [3.05, 3.63) is 52.5 Å². The molecule has 1 aliphatic heterocycles. The second kappa shape index (κ2) is 6.70. The number of nitrogens with one attached hydrogen (secondary N) is 1. The van der Waals surface area contributed by atoms with Crippen molar-refractivity contribution in [2.45, 2.75) is 0 Å².